The largest absolute Gasteiger partial charge is 0.476 e. The molecular weight excluding hydrogens is 204 g/mol. The number of carbonyl (C=O) groups excluding carboxylic acids is 1. The van der Waals surface area contributed by atoms with Gasteiger partial charge in [0.1, 0.15) is 0 Å². The highest BCUT2D eigenvalue weighted by Gasteiger charge is 2.11. The number of aromatic nitrogens is 2. The maximum absolute atomic E-state index is 10.7. The van der Waals surface area contributed by atoms with Gasteiger partial charge in [0.15, 0.2) is 10.8 Å². The SMILES string of the molecule is CC(=O)SCc1cc(C(=O)O)nn1C. The van der Waals surface area contributed by atoms with Crippen molar-refractivity contribution < 1.29 is 14.7 Å². The molecule has 0 unspecified atom stereocenters. The number of thioether (sulfide) groups is 1. The molecule has 0 aliphatic carbocycles. The van der Waals surface area contributed by atoms with Gasteiger partial charge in [-0.2, -0.15) is 5.10 Å². The summed E-state index contributed by atoms with van der Waals surface area (Å²) in [5.74, 6) is -0.605. The minimum absolute atomic E-state index is 0.00285. The van der Waals surface area contributed by atoms with E-state index in [1.807, 2.05) is 0 Å². The first kappa shape index (κ1) is 10.8. The zero-order valence-electron chi connectivity index (χ0n) is 7.85. The molecule has 0 saturated heterocycles. The Morgan fingerprint density at radius 2 is 2.29 bits per heavy atom. The van der Waals surface area contributed by atoms with E-state index in [2.05, 4.69) is 5.10 Å². The summed E-state index contributed by atoms with van der Waals surface area (Å²) in [4.78, 5) is 21.2. The summed E-state index contributed by atoms with van der Waals surface area (Å²) in [6.45, 7) is 1.47. The Morgan fingerprint density at radius 3 is 2.71 bits per heavy atom. The summed E-state index contributed by atoms with van der Waals surface area (Å²) in [7, 11) is 1.66. The van der Waals surface area contributed by atoms with Crippen molar-refractivity contribution in [1.82, 2.24) is 9.78 Å². The highest BCUT2D eigenvalue weighted by molar-refractivity contribution is 8.12. The number of nitrogens with zero attached hydrogens (tertiary/aromatic N) is 2. The normalized spacial score (nSPS) is 10.1. The van der Waals surface area contributed by atoms with Crippen molar-refractivity contribution in [1.29, 1.82) is 0 Å². The summed E-state index contributed by atoms with van der Waals surface area (Å²) in [5.41, 5.74) is 0.731. The molecule has 0 spiro atoms. The number of carboxylic acid groups (broad SMARTS) is 1. The Labute approximate surface area is 85.1 Å². The molecular formula is C8H10N2O3S. The molecule has 0 saturated carbocycles. The predicted octanol–water partition coefficient (Wildman–Crippen LogP) is 0.898. The van der Waals surface area contributed by atoms with Crippen LogP contribution >= 0.6 is 11.8 Å². The van der Waals surface area contributed by atoms with Crippen LogP contribution in [-0.4, -0.2) is 26.0 Å². The third-order valence-corrected chi connectivity index (χ3v) is 2.47. The van der Waals surface area contributed by atoms with Crippen LogP contribution < -0.4 is 0 Å². The fraction of sp³-hybridized carbons (Fsp3) is 0.375. The maximum Gasteiger partial charge on any atom is 0.356 e. The molecule has 1 aromatic rings. The van der Waals surface area contributed by atoms with Gasteiger partial charge in [0.2, 0.25) is 0 Å². The quantitative estimate of drug-likeness (QED) is 0.809. The summed E-state index contributed by atoms with van der Waals surface area (Å²) < 4.78 is 1.47. The van der Waals surface area contributed by atoms with E-state index >= 15 is 0 Å². The van der Waals surface area contributed by atoms with E-state index in [0.717, 1.165) is 17.5 Å². The Kier molecular flexibility index (Phi) is 3.29. The first-order valence-corrected chi connectivity index (χ1v) is 4.89. The Bertz CT molecular complexity index is 373. The van der Waals surface area contributed by atoms with Crippen LogP contribution in [0.25, 0.3) is 0 Å². The van der Waals surface area contributed by atoms with Crippen molar-refractivity contribution in [3.05, 3.63) is 17.5 Å². The van der Waals surface area contributed by atoms with E-state index in [1.165, 1.54) is 17.7 Å². The topological polar surface area (TPSA) is 72.2 Å². The molecule has 6 heteroatoms. The van der Waals surface area contributed by atoms with Crippen LogP contribution in [0.15, 0.2) is 6.07 Å². The van der Waals surface area contributed by atoms with Crippen molar-refractivity contribution in [2.45, 2.75) is 12.7 Å². The number of aromatic carboxylic acids is 1. The number of rotatable bonds is 3. The Hall–Kier alpha value is -1.30. The van der Waals surface area contributed by atoms with Gasteiger partial charge in [-0.15, -0.1) is 0 Å². The van der Waals surface area contributed by atoms with E-state index in [9.17, 15) is 9.59 Å². The molecule has 0 amide bonds. The summed E-state index contributed by atoms with van der Waals surface area (Å²) in [6.07, 6.45) is 0. The summed E-state index contributed by atoms with van der Waals surface area (Å²) >= 11 is 1.13. The maximum atomic E-state index is 10.7. The molecule has 0 radical (unpaired) electrons. The van der Waals surface area contributed by atoms with Crippen LogP contribution in [0.3, 0.4) is 0 Å². The molecule has 0 fully saturated rings. The monoisotopic (exact) mass is 214 g/mol. The fourth-order valence-corrected chi connectivity index (χ4v) is 1.54. The third kappa shape index (κ3) is 2.59. The lowest BCUT2D eigenvalue weighted by Crippen LogP contribution is -2.00. The van der Waals surface area contributed by atoms with Gasteiger partial charge in [0.05, 0.1) is 0 Å². The number of hydrogen-bond acceptors (Lipinski definition) is 4. The highest BCUT2D eigenvalue weighted by Crippen LogP contribution is 2.13. The second-order valence-electron chi connectivity index (χ2n) is 2.73. The van der Waals surface area contributed by atoms with Crippen molar-refractivity contribution in [3.63, 3.8) is 0 Å². The van der Waals surface area contributed by atoms with Gasteiger partial charge >= 0.3 is 5.97 Å². The number of carboxylic acids is 1. The van der Waals surface area contributed by atoms with E-state index in [1.54, 1.807) is 7.05 Å². The van der Waals surface area contributed by atoms with Gasteiger partial charge in [-0.05, 0) is 6.07 Å². The average molecular weight is 214 g/mol. The molecule has 0 aliphatic rings. The third-order valence-electron chi connectivity index (χ3n) is 1.62. The minimum atomic E-state index is -1.06. The van der Waals surface area contributed by atoms with E-state index in [0.29, 0.717) is 5.75 Å². The van der Waals surface area contributed by atoms with Gasteiger partial charge < -0.3 is 5.11 Å². The molecule has 5 nitrogen and oxygen atoms in total. The molecule has 0 atom stereocenters. The zero-order valence-corrected chi connectivity index (χ0v) is 8.67. The molecule has 14 heavy (non-hydrogen) atoms. The molecule has 0 bridgehead atoms. The lowest BCUT2D eigenvalue weighted by Gasteiger charge is -1.97. The Morgan fingerprint density at radius 1 is 1.64 bits per heavy atom. The van der Waals surface area contributed by atoms with E-state index in [-0.39, 0.29) is 10.8 Å². The number of carbonyl (C=O) groups is 2. The Balaban J connectivity index is 2.77. The van der Waals surface area contributed by atoms with Gasteiger partial charge in [0.25, 0.3) is 0 Å². The van der Waals surface area contributed by atoms with Crippen LogP contribution in [-0.2, 0) is 17.6 Å². The lowest BCUT2D eigenvalue weighted by molar-refractivity contribution is -0.109. The average Bonchev–Trinajstić information content (AvgIpc) is 2.43. The molecule has 76 valence electrons. The van der Waals surface area contributed by atoms with Crippen molar-refractivity contribution in [3.8, 4) is 0 Å². The van der Waals surface area contributed by atoms with Gasteiger partial charge in [-0.3, -0.25) is 9.48 Å². The first-order chi connectivity index (χ1) is 6.50. The lowest BCUT2D eigenvalue weighted by atomic mass is 10.4. The van der Waals surface area contributed by atoms with E-state index < -0.39 is 5.97 Å². The van der Waals surface area contributed by atoms with Crippen LogP contribution in [0.2, 0.25) is 0 Å². The van der Waals surface area contributed by atoms with Crippen molar-refractivity contribution in [2.24, 2.45) is 7.05 Å². The van der Waals surface area contributed by atoms with Crippen molar-refractivity contribution >= 4 is 22.8 Å². The minimum Gasteiger partial charge on any atom is -0.476 e. The molecule has 1 heterocycles. The standard InChI is InChI=1S/C8H10N2O3S/c1-5(11)14-4-6-3-7(8(12)13)9-10(6)2/h3H,4H2,1-2H3,(H,12,13). The van der Waals surface area contributed by atoms with Crippen LogP contribution in [0.1, 0.15) is 23.1 Å². The van der Waals surface area contributed by atoms with Gasteiger partial charge in [-0.1, -0.05) is 11.8 Å². The predicted molar refractivity (Wildman–Crippen MR) is 52.1 cm³/mol. The second kappa shape index (κ2) is 4.28. The zero-order chi connectivity index (χ0) is 10.7. The highest BCUT2D eigenvalue weighted by atomic mass is 32.2. The van der Waals surface area contributed by atoms with Crippen LogP contribution in [0, 0.1) is 0 Å². The molecule has 1 N–H and O–H groups in total. The molecule has 1 aromatic heterocycles. The van der Waals surface area contributed by atoms with Crippen molar-refractivity contribution in [2.75, 3.05) is 0 Å². The van der Waals surface area contributed by atoms with Gasteiger partial charge in [0, 0.05) is 25.4 Å². The van der Waals surface area contributed by atoms with Crippen LogP contribution in [0.5, 0.6) is 0 Å². The molecule has 0 aliphatic heterocycles. The number of aryl methyl sites for hydroxylation is 1. The summed E-state index contributed by atoms with van der Waals surface area (Å²) in [5, 5.41) is 12.4. The smallest absolute Gasteiger partial charge is 0.356 e. The first-order valence-electron chi connectivity index (χ1n) is 3.90. The van der Waals surface area contributed by atoms with Gasteiger partial charge in [-0.25, -0.2) is 4.79 Å². The summed E-state index contributed by atoms with van der Waals surface area (Å²) in [6, 6.07) is 1.47. The second-order valence-corrected chi connectivity index (χ2v) is 3.88. The molecule has 0 aromatic carbocycles. The van der Waals surface area contributed by atoms with E-state index in [4.69, 9.17) is 5.11 Å². The van der Waals surface area contributed by atoms with Crippen LogP contribution in [0.4, 0.5) is 0 Å². The number of hydrogen-bond donors (Lipinski definition) is 1. The molecule has 1 rings (SSSR count). The fourth-order valence-electron chi connectivity index (χ4n) is 0.921.